The van der Waals surface area contributed by atoms with Crippen molar-refractivity contribution in [1.29, 1.82) is 0 Å². The van der Waals surface area contributed by atoms with Crippen molar-refractivity contribution < 1.29 is 4.39 Å². The number of hydrogen-bond acceptors (Lipinski definition) is 2. The Bertz CT molecular complexity index is 449. The summed E-state index contributed by atoms with van der Waals surface area (Å²) < 4.78 is 13.6. The summed E-state index contributed by atoms with van der Waals surface area (Å²) in [6.45, 7) is 1.09. The van der Waals surface area contributed by atoms with Crippen molar-refractivity contribution >= 4 is 11.8 Å². The molecule has 116 valence electrons. The lowest BCUT2D eigenvalue weighted by atomic mass is 9.87. The normalized spacial score (nSPS) is 23.0. The van der Waals surface area contributed by atoms with Crippen molar-refractivity contribution in [1.82, 2.24) is 5.32 Å². The zero-order valence-corrected chi connectivity index (χ0v) is 13.7. The lowest BCUT2D eigenvalue weighted by Crippen LogP contribution is -2.41. The Morgan fingerprint density at radius 3 is 2.43 bits per heavy atom. The van der Waals surface area contributed by atoms with Gasteiger partial charge in [0, 0.05) is 17.3 Å². The van der Waals surface area contributed by atoms with Crippen molar-refractivity contribution in [3.63, 3.8) is 0 Å². The van der Waals surface area contributed by atoms with Gasteiger partial charge in [0.05, 0.1) is 0 Å². The quantitative estimate of drug-likeness (QED) is 0.799. The first-order valence-corrected chi connectivity index (χ1v) is 9.49. The fourth-order valence-electron chi connectivity index (χ4n) is 3.60. The van der Waals surface area contributed by atoms with Crippen molar-refractivity contribution in [2.75, 3.05) is 12.8 Å². The van der Waals surface area contributed by atoms with Gasteiger partial charge in [-0.2, -0.15) is 11.8 Å². The lowest BCUT2D eigenvalue weighted by Gasteiger charge is -2.37. The second kappa shape index (κ2) is 6.70. The predicted molar refractivity (Wildman–Crippen MR) is 89.2 cm³/mol. The van der Waals surface area contributed by atoms with Crippen LogP contribution in [0.3, 0.4) is 0 Å². The fraction of sp³-hybridized carbons (Fsp3) is 0.667. The first-order chi connectivity index (χ1) is 10.2. The summed E-state index contributed by atoms with van der Waals surface area (Å²) in [5, 5.41) is 3.84. The van der Waals surface area contributed by atoms with Crippen LogP contribution in [-0.2, 0) is 0 Å². The Morgan fingerprint density at radius 1 is 1.19 bits per heavy atom. The zero-order chi connectivity index (χ0) is 14.7. The van der Waals surface area contributed by atoms with Crippen LogP contribution in [0.1, 0.15) is 56.6 Å². The van der Waals surface area contributed by atoms with Gasteiger partial charge in [0.1, 0.15) is 5.82 Å². The van der Waals surface area contributed by atoms with E-state index >= 15 is 0 Å². The molecule has 0 aliphatic heterocycles. The molecule has 1 N–H and O–H groups in total. The number of hydrogen-bond donors (Lipinski definition) is 1. The van der Waals surface area contributed by atoms with Crippen LogP contribution in [0.15, 0.2) is 24.3 Å². The van der Waals surface area contributed by atoms with Gasteiger partial charge in [0.2, 0.25) is 0 Å². The summed E-state index contributed by atoms with van der Waals surface area (Å²) in [5.41, 5.74) is 1.26. The topological polar surface area (TPSA) is 12.0 Å². The van der Waals surface area contributed by atoms with Gasteiger partial charge in [-0.25, -0.2) is 4.39 Å². The highest BCUT2D eigenvalue weighted by molar-refractivity contribution is 8.00. The summed E-state index contributed by atoms with van der Waals surface area (Å²) in [6.07, 6.45) is 11.7. The summed E-state index contributed by atoms with van der Waals surface area (Å²) in [4.78, 5) is 0. The van der Waals surface area contributed by atoms with Crippen LogP contribution in [0.2, 0.25) is 0 Å². The molecule has 1 aromatic carbocycles. The Hall–Kier alpha value is -0.540. The van der Waals surface area contributed by atoms with Crippen LogP contribution in [0.25, 0.3) is 0 Å². The first-order valence-electron chi connectivity index (χ1n) is 8.26. The van der Waals surface area contributed by atoms with Crippen LogP contribution in [0, 0.1) is 11.7 Å². The molecule has 21 heavy (non-hydrogen) atoms. The van der Waals surface area contributed by atoms with E-state index in [9.17, 15) is 4.39 Å². The highest BCUT2D eigenvalue weighted by Crippen LogP contribution is 2.43. The van der Waals surface area contributed by atoms with Gasteiger partial charge < -0.3 is 5.32 Å². The zero-order valence-electron chi connectivity index (χ0n) is 12.9. The minimum absolute atomic E-state index is 0.138. The van der Waals surface area contributed by atoms with Gasteiger partial charge in [0.25, 0.3) is 0 Å². The van der Waals surface area contributed by atoms with Gasteiger partial charge in [-0.05, 0) is 55.6 Å². The van der Waals surface area contributed by atoms with Gasteiger partial charge in [-0.3, -0.25) is 0 Å². The Morgan fingerprint density at radius 2 is 1.86 bits per heavy atom. The largest absolute Gasteiger partial charge is 0.308 e. The molecule has 0 spiro atoms. The Kier molecular flexibility index (Phi) is 4.90. The third-order valence-electron chi connectivity index (χ3n) is 5.16. The van der Waals surface area contributed by atoms with Gasteiger partial charge in [-0.15, -0.1) is 0 Å². The van der Waals surface area contributed by atoms with E-state index in [1.165, 1.54) is 50.5 Å². The second-order valence-corrected chi connectivity index (χ2v) is 7.97. The van der Waals surface area contributed by atoms with Crippen molar-refractivity contribution in [3.8, 4) is 0 Å². The summed E-state index contributed by atoms with van der Waals surface area (Å²) in [5.74, 6) is 0.610. The molecule has 1 atom stereocenters. The Labute approximate surface area is 132 Å². The maximum absolute atomic E-state index is 13.1. The third-order valence-corrected chi connectivity index (χ3v) is 6.58. The summed E-state index contributed by atoms with van der Waals surface area (Å²) in [7, 11) is 0. The fourth-order valence-corrected chi connectivity index (χ4v) is 4.53. The SMILES string of the molecule is CSC1(CNC(c2ccc(F)cc2)C2CC2)CCCCC1. The molecule has 2 fully saturated rings. The van der Waals surface area contributed by atoms with Crippen molar-refractivity contribution in [2.45, 2.75) is 55.7 Å². The number of nitrogens with one attached hydrogen (secondary N) is 1. The number of rotatable bonds is 6. The van der Waals surface area contributed by atoms with Gasteiger partial charge >= 0.3 is 0 Å². The first kappa shape index (κ1) is 15.4. The highest BCUT2D eigenvalue weighted by atomic mass is 32.2. The maximum atomic E-state index is 13.1. The van der Waals surface area contributed by atoms with Crippen LogP contribution in [0.5, 0.6) is 0 Å². The maximum Gasteiger partial charge on any atom is 0.123 e. The smallest absolute Gasteiger partial charge is 0.123 e. The molecular weight excluding hydrogens is 281 g/mol. The highest BCUT2D eigenvalue weighted by Gasteiger charge is 2.36. The molecule has 0 heterocycles. The van der Waals surface area contributed by atoms with E-state index in [-0.39, 0.29) is 5.82 Å². The molecule has 2 saturated carbocycles. The number of benzene rings is 1. The lowest BCUT2D eigenvalue weighted by molar-refractivity contribution is 0.352. The number of halogens is 1. The van der Waals surface area contributed by atoms with E-state index in [4.69, 9.17) is 0 Å². The number of thioether (sulfide) groups is 1. The summed E-state index contributed by atoms with van der Waals surface area (Å²) >= 11 is 2.04. The van der Waals surface area contributed by atoms with Crippen LogP contribution >= 0.6 is 11.8 Å². The van der Waals surface area contributed by atoms with Crippen LogP contribution in [-0.4, -0.2) is 17.5 Å². The molecule has 0 bridgehead atoms. The molecule has 0 amide bonds. The van der Waals surface area contributed by atoms with Gasteiger partial charge in [-0.1, -0.05) is 31.4 Å². The van der Waals surface area contributed by atoms with Crippen molar-refractivity contribution in [2.24, 2.45) is 5.92 Å². The second-order valence-electron chi connectivity index (χ2n) is 6.70. The standard InChI is InChI=1S/C18H26FNS/c1-21-18(11-3-2-4-12-18)13-20-17(14-5-6-14)15-7-9-16(19)10-8-15/h7-10,14,17,20H,2-6,11-13H2,1H3. The van der Waals surface area contributed by atoms with Crippen LogP contribution in [0.4, 0.5) is 4.39 Å². The van der Waals surface area contributed by atoms with E-state index in [1.54, 1.807) is 12.1 Å². The van der Waals surface area contributed by atoms with E-state index < -0.39 is 0 Å². The molecule has 2 aliphatic rings. The molecular formula is C18H26FNS. The van der Waals surface area contributed by atoms with Crippen molar-refractivity contribution in [3.05, 3.63) is 35.6 Å². The minimum Gasteiger partial charge on any atom is -0.308 e. The molecule has 2 aliphatic carbocycles. The van der Waals surface area contributed by atoms with Gasteiger partial charge in [0.15, 0.2) is 0 Å². The van der Waals surface area contributed by atoms with E-state index in [0.717, 1.165) is 12.5 Å². The average molecular weight is 307 g/mol. The molecule has 1 unspecified atom stereocenters. The van der Waals surface area contributed by atoms with E-state index in [0.29, 0.717) is 10.8 Å². The molecule has 1 nitrogen and oxygen atoms in total. The van der Waals surface area contributed by atoms with E-state index in [1.807, 2.05) is 23.9 Å². The van der Waals surface area contributed by atoms with Crippen LogP contribution < -0.4 is 5.32 Å². The predicted octanol–water partition coefficient (Wildman–Crippen LogP) is 4.93. The minimum atomic E-state index is -0.138. The molecule has 0 saturated heterocycles. The third kappa shape index (κ3) is 3.81. The monoisotopic (exact) mass is 307 g/mol. The molecule has 1 aromatic rings. The molecule has 0 radical (unpaired) electrons. The molecule has 0 aromatic heterocycles. The molecule has 3 rings (SSSR count). The summed E-state index contributed by atoms with van der Waals surface area (Å²) in [6, 6.07) is 7.52. The molecule has 3 heteroatoms. The Balaban J connectivity index is 1.66. The van der Waals surface area contributed by atoms with E-state index in [2.05, 4.69) is 11.6 Å². The average Bonchev–Trinajstić information content (AvgIpc) is 3.35.